The van der Waals surface area contributed by atoms with Crippen molar-refractivity contribution in [1.82, 2.24) is 20.1 Å². The van der Waals surface area contributed by atoms with Crippen LogP contribution in [0, 0.1) is 13.8 Å². The van der Waals surface area contributed by atoms with E-state index in [0.29, 0.717) is 39.3 Å². The fourth-order valence-electron chi connectivity index (χ4n) is 3.30. The summed E-state index contributed by atoms with van der Waals surface area (Å²) in [7, 11) is 0. The molecule has 6 nitrogen and oxygen atoms in total. The highest BCUT2D eigenvalue weighted by atomic mass is 16.2. The van der Waals surface area contributed by atoms with Gasteiger partial charge in [0, 0.05) is 49.7 Å². The zero-order valence-electron chi connectivity index (χ0n) is 15.4. The highest BCUT2D eigenvalue weighted by molar-refractivity contribution is 5.98. The summed E-state index contributed by atoms with van der Waals surface area (Å²) in [6, 6.07) is 11.7. The van der Waals surface area contributed by atoms with E-state index in [2.05, 4.69) is 15.2 Å². The fraction of sp³-hybridized carbons (Fsp3) is 0.400. The Kier molecular flexibility index (Phi) is 5.73. The molecule has 0 bridgehead atoms. The number of aryl methyl sites for hydroxylation is 2. The van der Waals surface area contributed by atoms with Crippen LogP contribution in [0.1, 0.15) is 27.3 Å². The largest absolute Gasteiger partial charge is 0.362 e. The minimum Gasteiger partial charge on any atom is -0.362 e. The second-order valence-electron chi connectivity index (χ2n) is 6.82. The molecule has 1 aromatic carbocycles. The summed E-state index contributed by atoms with van der Waals surface area (Å²) in [6.07, 6.45) is 0. The quantitative estimate of drug-likeness (QED) is 0.810. The number of nitrogens with one attached hydrogen (secondary N) is 2. The average molecular weight is 354 g/mol. The number of ketones is 1. The Hall–Kier alpha value is -2.60. The maximum atomic E-state index is 12.5. The third-order valence-corrected chi connectivity index (χ3v) is 4.76. The van der Waals surface area contributed by atoms with Crippen molar-refractivity contribution in [2.45, 2.75) is 20.4 Å². The Labute approximate surface area is 154 Å². The summed E-state index contributed by atoms with van der Waals surface area (Å²) in [5, 5.41) is 2.96. The molecule has 0 aliphatic carbocycles. The molecule has 2 N–H and O–H groups in total. The van der Waals surface area contributed by atoms with Crippen LogP contribution in [-0.2, 0) is 6.54 Å². The Morgan fingerprint density at radius 3 is 2.38 bits per heavy atom. The molecule has 6 heteroatoms. The number of nitrogens with zero attached hydrogens (tertiary/aromatic N) is 2. The molecule has 1 aliphatic rings. The first-order valence-electron chi connectivity index (χ1n) is 9.01. The van der Waals surface area contributed by atoms with Crippen LogP contribution in [0.15, 0.2) is 36.4 Å². The zero-order valence-corrected chi connectivity index (χ0v) is 15.4. The number of hydrogen-bond donors (Lipinski definition) is 2. The molecular formula is C20H26N4O2. The first-order valence-corrected chi connectivity index (χ1v) is 9.01. The molecule has 2 aromatic rings. The molecule has 0 spiro atoms. The normalized spacial score (nSPS) is 15.1. The average Bonchev–Trinajstić information content (AvgIpc) is 2.99. The smallest absolute Gasteiger partial charge is 0.317 e. The summed E-state index contributed by atoms with van der Waals surface area (Å²) in [5.41, 5.74) is 3.78. The maximum Gasteiger partial charge on any atom is 0.317 e. The number of urea groups is 1. The molecule has 1 aromatic heterocycles. The van der Waals surface area contributed by atoms with Gasteiger partial charge in [-0.1, -0.05) is 30.3 Å². The number of piperazine rings is 1. The summed E-state index contributed by atoms with van der Waals surface area (Å²) in [5.74, 6) is 0.133. The van der Waals surface area contributed by atoms with E-state index in [1.807, 2.05) is 55.1 Å². The van der Waals surface area contributed by atoms with Gasteiger partial charge in [0.1, 0.15) is 0 Å². The number of carbonyl (C=O) groups excluding carboxylic acids is 2. The zero-order chi connectivity index (χ0) is 18.5. The molecule has 3 rings (SSSR count). The van der Waals surface area contributed by atoms with Crippen LogP contribution < -0.4 is 5.32 Å². The van der Waals surface area contributed by atoms with Crippen molar-refractivity contribution in [3.05, 3.63) is 58.9 Å². The third-order valence-electron chi connectivity index (χ3n) is 4.76. The molecule has 1 saturated heterocycles. The number of rotatable bonds is 5. The number of aromatic nitrogens is 1. The van der Waals surface area contributed by atoms with Crippen molar-refractivity contribution in [2.75, 3.05) is 32.7 Å². The van der Waals surface area contributed by atoms with Crippen molar-refractivity contribution in [3.8, 4) is 0 Å². The number of benzene rings is 1. The van der Waals surface area contributed by atoms with Crippen molar-refractivity contribution in [1.29, 1.82) is 0 Å². The Morgan fingerprint density at radius 1 is 1.08 bits per heavy atom. The van der Waals surface area contributed by atoms with E-state index >= 15 is 0 Å². The van der Waals surface area contributed by atoms with Crippen molar-refractivity contribution in [3.63, 3.8) is 0 Å². The van der Waals surface area contributed by atoms with Crippen LogP contribution in [0.2, 0.25) is 0 Å². The van der Waals surface area contributed by atoms with Crippen LogP contribution in [0.3, 0.4) is 0 Å². The number of carbonyl (C=O) groups is 2. The van der Waals surface area contributed by atoms with Gasteiger partial charge in [0.15, 0.2) is 5.78 Å². The summed E-state index contributed by atoms with van der Waals surface area (Å²) >= 11 is 0. The summed E-state index contributed by atoms with van der Waals surface area (Å²) < 4.78 is 0. The lowest BCUT2D eigenvalue weighted by Gasteiger charge is -2.34. The number of aromatic amines is 1. The van der Waals surface area contributed by atoms with Gasteiger partial charge in [-0.15, -0.1) is 0 Å². The summed E-state index contributed by atoms with van der Waals surface area (Å²) in [6.45, 7) is 7.52. The molecule has 1 aliphatic heterocycles. The lowest BCUT2D eigenvalue weighted by molar-refractivity contribution is 0.0877. The van der Waals surface area contributed by atoms with Gasteiger partial charge in [-0.05, 0) is 25.5 Å². The van der Waals surface area contributed by atoms with E-state index in [1.165, 1.54) is 0 Å². The van der Waals surface area contributed by atoms with Crippen LogP contribution in [0.5, 0.6) is 0 Å². The molecule has 26 heavy (non-hydrogen) atoms. The highest BCUT2D eigenvalue weighted by Crippen LogP contribution is 2.12. The second-order valence-corrected chi connectivity index (χ2v) is 6.82. The minimum absolute atomic E-state index is 0.0445. The second kappa shape index (κ2) is 8.19. The van der Waals surface area contributed by atoms with Gasteiger partial charge in [0.2, 0.25) is 0 Å². The molecule has 0 saturated carbocycles. The van der Waals surface area contributed by atoms with Gasteiger partial charge in [0.25, 0.3) is 0 Å². The lowest BCUT2D eigenvalue weighted by Crippen LogP contribution is -2.52. The number of H-pyrrole nitrogens is 1. The van der Waals surface area contributed by atoms with Crippen molar-refractivity contribution in [2.24, 2.45) is 0 Å². The van der Waals surface area contributed by atoms with Crippen LogP contribution >= 0.6 is 0 Å². The SMILES string of the molecule is Cc1cc(C(=O)CN2CCN(C(=O)NCc3ccccc3)CC2)c(C)[nH]1. The van der Waals surface area contributed by atoms with E-state index in [-0.39, 0.29) is 11.8 Å². The molecule has 138 valence electrons. The molecule has 2 heterocycles. The van der Waals surface area contributed by atoms with Gasteiger partial charge in [-0.3, -0.25) is 9.69 Å². The molecule has 0 atom stereocenters. The first kappa shape index (κ1) is 18.2. The Balaban J connectivity index is 1.44. The Morgan fingerprint density at radius 2 is 1.77 bits per heavy atom. The van der Waals surface area contributed by atoms with Crippen molar-refractivity contribution >= 4 is 11.8 Å². The Bertz CT molecular complexity index is 761. The van der Waals surface area contributed by atoms with Crippen LogP contribution in [-0.4, -0.2) is 59.3 Å². The van der Waals surface area contributed by atoms with Gasteiger partial charge < -0.3 is 15.2 Å². The predicted molar refractivity (Wildman–Crippen MR) is 101 cm³/mol. The highest BCUT2D eigenvalue weighted by Gasteiger charge is 2.23. The molecule has 0 radical (unpaired) electrons. The van der Waals surface area contributed by atoms with E-state index in [9.17, 15) is 9.59 Å². The first-order chi connectivity index (χ1) is 12.5. The van der Waals surface area contributed by atoms with Gasteiger partial charge in [-0.2, -0.15) is 0 Å². The maximum absolute atomic E-state index is 12.5. The monoisotopic (exact) mass is 354 g/mol. The fourth-order valence-corrected chi connectivity index (χ4v) is 3.30. The predicted octanol–water partition coefficient (Wildman–Crippen LogP) is 2.34. The van der Waals surface area contributed by atoms with Gasteiger partial charge >= 0.3 is 6.03 Å². The molecule has 2 amide bonds. The minimum atomic E-state index is -0.0445. The number of amides is 2. The van der Waals surface area contributed by atoms with Crippen LogP contribution in [0.25, 0.3) is 0 Å². The topological polar surface area (TPSA) is 68.4 Å². The lowest BCUT2D eigenvalue weighted by atomic mass is 10.1. The van der Waals surface area contributed by atoms with E-state index in [4.69, 9.17) is 0 Å². The van der Waals surface area contributed by atoms with Gasteiger partial charge in [0.05, 0.1) is 6.54 Å². The summed E-state index contributed by atoms with van der Waals surface area (Å²) in [4.78, 5) is 31.9. The van der Waals surface area contributed by atoms with E-state index < -0.39 is 0 Å². The van der Waals surface area contributed by atoms with Crippen LogP contribution in [0.4, 0.5) is 4.79 Å². The number of hydrogen-bond acceptors (Lipinski definition) is 3. The van der Waals surface area contributed by atoms with E-state index in [1.54, 1.807) is 0 Å². The molecular weight excluding hydrogens is 328 g/mol. The molecule has 0 unspecified atom stereocenters. The third kappa shape index (κ3) is 4.52. The number of Topliss-reactive ketones (excluding diaryl/α,β-unsaturated/α-hetero) is 1. The van der Waals surface area contributed by atoms with E-state index in [0.717, 1.165) is 22.5 Å². The molecule has 1 fully saturated rings. The van der Waals surface area contributed by atoms with Gasteiger partial charge in [-0.25, -0.2) is 4.79 Å². The standard InChI is InChI=1S/C20H26N4O2/c1-15-12-18(16(2)22-15)19(25)14-23-8-10-24(11-9-23)20(26)21-13-17-6-4-3-5-7-17/h3-7,12,22H,8-11,13-14H2,1-2H3,(H,21,26). The van der Waals surface area contributed by atoms with Crippen molar-refractivity contribution < 1.29 is 9.59 Å².